The summed E-state index contributed by atoms with van der Waals surface area (Å²) in [6.07, 6.45) is 6.54. The third kappa shape index (κ3) is 2.28. The maximum Gasteiger partial charge on any atom is 0.184 e. The fourth-order valence-corrected chi connectivity index (χ4v) is 4.11. The van der Waals surface area contributed by atoms with Gasteiger partial charge >= 0.3 is 0 Å². The van der Waals surface area contributed by atoms with Crippen molar-refractivity contribution >= 4 is 29.0 Å². The molecule has 0 radical (unpaired) electrons. The SMILES string of the molecule is O=C(c1cccc(Cl)c1Cl)C1(N2CCCC2)CCCC1. The fraction of sp³-hybridized carbons (Fsp3) is 0.562. The van der Waals surface area contributed by atoms with Crippen molar-refractivity contribution in [3.63, 3.8) is 0 Å². The van der Waals surface area contributed by atoms with Crippen molar-refractivity contribution in [3.8, 4) is 0 Å². The Morgan fingerprint density at radius 3 is 2.35 bits per heavy atom. The lowest BCUT2D eigenvalue weighted by Crippen LogP contribution is -2.51. The average molecular weight is 312 g/mol. The number of nitrogens with zero attached hydrogens (tertiary/aromatic N) is 1. The number of Topliss-reactive ketones (excluding diaryl/α,β-unsaturated/α-hetero) is 1. The number of likely N-dealkylation sites (tertiary alicyclic amines) is 1. The number of benzene rings is 1. The van der Waals surface area contributed by atoms with Gasteiger partial charge in [-0.15, -0.1) is 0 Å². The van der Waals surface area contributed by atoms with Crippen molar-refractivity contribution in [2.24, 2.45) is 0 Å². The lowest BCUT2D eigenvalue weighted by atomic mass is 9.86. The van der Waals surface area contributed by atoms with Crippen LogP contribution in [-0.4, -0.2) is 29.3 Å². The Balaban J connectivity index is 1.99. The second kappa shape index (κ2) is 5.67. The fourth-order valence-electron chi connectivity index (χ4n) is 3.72. The molecular weight excluding hydrogens is 293 g/mol. The van der Waals surface area contributed by atoms with Crippen LogP contribution >= 0.6 is 23.2 Å². The zero-order valence-corrected chi connectivity index (χ0v) is 13.0. The molecule has 1 aliphatic heterocycles. The van der Waals surface area contributed by atoms with Crippen molar-refractivity contribution < 1.29 is 4.79 Å². The Morgan fingerprint density at radius 1 is 1.05 bits per heavy atom. The van der Waals surface area contributed by atoms with Crippen LogP contribution in [0.5, 0.6) is 0 Å². The summed E-state index contributed by atoms with van der Waals surface area (Å²) < 4.78 is 0. The highest BCUT2D eigenvalue weighted by atomic mass is 35.5. The molecule has 1 aliphatic carbocycles. The Labute approximate surface area is 130 Å². The van der Waals surface area contributed by atoms with Crippen molar-refractivity contribution in [2.45, 2.75) is 44.1 Å². The van der Waals surface area contributed by atoms with E-state index in [1.807, 2.05) is 12.1 Å². The van der Waals surface area contributed by atoms with Gasteiger partial charge in [-0.25, -0.2) is 0 Å². The third-order valence-corrected chi connectivity index (χ3v) is 5.58. The standard InChI is InChI=1S/C16H19Cl2NO/c17-13-7-5-6-12(14(13)18)15(20)16(8-1-2-9-16)19-10-3-4-11-19/h5-7H,1-4,8-11H2. The van der Waals surface area contributed by atoms with Crippen LogP contribution < -0.4 is 0 Å². The number of ketones is 1. The molecule has 3 rings (SSSR count). The average Bonchev–Trinajstić information content (AvgIpc) is 3.12. The largest absolute Gasteiger partial charge is 0.292 e. The number of halogens is 2. The van der Waals surface area contributed by atoms with E-state index >= 15 is 0 Å². The number of carbonyl (C=O) groups excluding carboxylic acids is 1. The van der Waals surface area contributed by atoms with Gasteiger partial charge in [0, 0.05) is 5.56 Å². The molecule has 0 N–H and O–H groups in total. The summed E-state index contributed by atoms with van der Waals surface area (Å²) in [5, 5.41) is 0.872. The molecule has 4 heteroatoms. The van der Waals surface area contributed by atoms with Crippen molar-refractivity contribution in [1.29, 1.82) is 0 Å². The molecule has 108 valence electrons. The summed E-state index contributed by atoms with van der Waals surface area (Å²) in [7, 11) is 0. The van der Waals surface area contributed by atoms with Gasteiger partial charge in [-0.3, -0.25) is 9.69 Å². The summed E-state index contributed by atoms with van der Waals surface area (Å²) in [5.41, 5.74) is 0.262. The Morgan fingerprint density at radius 2 is 1.70 bits per heavy atom. The quantitative estimate of drug-likeness (QED) is 0.761. The van der Waals surface area contributed by atoms with Gasteiger partial charge in [0.05, 0.1) is 15.6 Å². The Bertz CT molecular complexity index is 517. The lowest BCUT2D eigenvalue weighted by Gasteiger charge is -2.37. The Kier molecular flexibility index (Phi) is 4.07. The predicted molar refractivity (Wildman–Crippen MR) is 82.8 cm³/mol. The maximum atomic E-state index is 13.1. The first-order chi connectivity index (χ1) is 9.65. The molecule has 0 aromatic heterocycles. The summed E-state index contributed by atoms with van der Waals surface area (Å²) in [6, 6.07) is 5.36. The first-order valence-electron chi connectivity index (χ1n) is 7.39. The number of carbonyl (C=O) groups is 1. The second-order valence-electron chi connectivity index (χ2n) is 5.86. The van der Waals surface area contributed by atoms with Gasteiger partial charge in [0.15, 0.2) is 5.78 Å². The van der Waals surface area contributed by atoms with Crippen LogP contribution in [0.15, 0.2) is 18.2 Å². The summed E-state index contributed by atoms with van der Waals surface area (Å²) in [4.78, 5) is 15.5. The minimum absolute atomic E-state index is 0.171. The third-order valence-electron chi connectivity index (χ3n) is 4.76. The van der Waals surface area contributed by atoms with Gasteiger partial charge in [-0.1, -0.05) is 42.1 Å². The molecule has 2 nitrogen and oxygen atoms in total. The summed E-state index contributed by atoms with van der Waals surface area (Å²) in [5.74, 6) is 0.171. The van der Waals surface area contributed by atoms with E-state index < -0.39 is 0 Å². The van der Waals surface area contributed by atoms with E-state index in [1.165, 1.54) is 12.8 Å². The van der Waals surface area contributed by atoms with Gasteiger partial charge in [-0.2, -0.15) is 0 Å². The van der Waals surface area contributed by atoms with Gasteiger partial charge in [0.25, 0.3) is 0 Å². The van der Waals surface area contributed by atoms with E-state index in [-0.39, 0.29) is 11.3 Å². The lowest BCUT2D eigenvalue weighted by molar-refractivity contribution is 0.0626. The van der Waals surface area contributed by atoms with E-state index in [0.29, 0.717) is 15.6 Å². The first kappa shape index (κ1) is 14.4. The van der Waals surface area contributed by atoms with Gasteiger partial charge < -0.3 is 0 Å². The zero-order chi connectivity index (χ0) is 14.2. The number of hydrogen-bond donors (Lipinski definition) is 0. The van der Waals surface area contributed by atoms with Crippen molar-refractivity contribution in [2.75, 3.05) is 13.1 Å². The highest BCUT2D eigenvalue weighted by Crippen LogP contribution is 2.41. The van der Waals surface area contributed by atoms with E-state index in [9.17, 15) is 4.79 Å². The van der Waals surface area contributed by atoms with E-state index in [0.717, 1.165) is 38.8 Å². The number of rotatable bonds is 3. The predicted octanol–water partition coefficient (Wildman–Crippen LogP) is 4.58. The van der Waals surface area contributed by atoms with Crippen LogP contribution in [0.25, 0.3) is 0 Å². The first-order valence-corrected chi connectivity index (χ1v) is 8.15. The second-order valence-corrected chi connectivity index (χ2v) is 6.65. The maximum absolute atomic E-state index is 13.1. The monoisotopic (exact) mass is 311 g/mol. The van der Waals surface area contributed by atoms with E-state index in [1.54, 1.807) is 6.07 Å². The van der Waals surface area contributed by atoms with Crippen molar-refractivity contribution in [1.82, 2.24) is 4.90 Å². The minimum Gasteiger partial charge on any atom is -0.292 e. The molecule has 0 spiro atoms. The molecule has 0 unspecified atom stereocenters. The van der Waals surface area contributed by atoms with Crippen LogP contribution in [0, 0.1) is 0 Å². The molecule has 1 saturated carbocycles. The van der Waals surface area contributed by atoms with Gasteiger partial charge in [0.1, 0.15) is 0 Å². The summed E-state index contributed by atoms with van der Waals surface area (Å²) in [6.45, 7) is 2.06. The van der Waals surface area contributed by atoms with Crippen LogP contribution in [0.2, 0.25) is 10.0 Å². The van der Waals surface area contributed by atoms with Crippen molar-refractivity contribution in [3.05, 3.63) is 33.8 Å². The van der Waals surface area contributed by atoms with E-state index in [2.05, 4.69) is 4.90 Å². The van der Waals surface area contributed by atoms with E-state index in [4.69, 9.17) is 23.2 Å². The van der Waals surface area contributed by atoms with Crippen LogP contribution in [0.4, 0.5) is 0 Å². The molecule has 0 bridgehead atoms. The highest BCUT2D eigenvalue weighted by molar-refractivity contribution is 6.44. The van der Waals surface area contributed by atoms with Gasteiger partial charge in [0.2, 0.25) is 0 Å². The topological polar surface area (TPSA) is 20.3 Å². The molecule has 1 saturated heterocycles. The molecule has 1 heterocycles. The zero-order valence-electron chi connectivity index (χ0n) is 11.5. The number of hydrogen-bond acceptors (Lipinski definition) is 2. The molecule has 1 aromatic rings. The van der Waals surface area contributed by atoms with Gasteiger partial charge in [-0.05, 0) is 50.9 Å². The Hall–Kier alpha value is -0.570. The van der Waals surface area contributed by atoms with Crippen LogP contribution in [-0.2, 0) is 0 Å². The molecule has 1 aromatic carbocycles. The molecular formula is C16H19Cl2NO. The smallest absolute Gasteiger partial charge is 0.184 e. The summed E-state index contributed by atoms with van der Waals surface area (Å²) >= 11 is 12.3. The molecule has 20 heavy (non-hydrogen) atoms. The molecule has 0 atom stereocenters. The normalized spacial score (nSPS) is 22.3. The van der Waals surface area contributed by atoms with Crippen LogP contribution in [0.1, 0.15) is 48.9 Å². The van der Waals surface area contributed by atoms with Crippen LogP contribution in [0.3, 0.4) is 0 Å². The molecule has 2 aliphatic rings. The molecule has 2 fully saturated rings. The minimum atomic E-state index is -0.329. The highest BCUT2D eigenvalue weighted by Gasteiger charge is 2.47. The molecule has 0 amide bonds.